The van der Waals surface area contributed by atoms with Crippen molar-refractivity contribution in [1.82, 2.24) is 9.21 Å². The molecular formula is C21H25Cl2N3O3S. The van der Waals surface area contributed by atoms with Crippen LogP contribution < -0.4 is 5.32 Å². The zero-order valence-corrected chi connectivity index (χ0v) is 18.9. The Kier molecular flexibility index (Phi) is 7.99. The smallest absolute Gasteiger partial charge is 0.321 e. The molecule has 0 spiro atoms. The average Bonchev–Trinajstić information content (AvgIpc) is 2.99. The molecule has 30 heavy (non-hydrogen) atoms. The summed E-state index contributed by atoms with van der Waals surface area (Å²) in [4.78, 5) is 14.5. The molecule has 2 aromatic rings. The van der Waals surface area contributed by atoms with Gasteiger partial charge in [-0.1, -0.05) is 29.8 Å². The van der Waals surface area contributed by atoms with Gasteiger partial charge < -0.3 is 10.2 Å². The molecule has 1 fully saturated rings. The molecule has 9 heteroatoms. The van der Waals surface area contributed by atoms with Gasteiger partial charge in [0.15, 0.2) is 0 Å². The second kappa shape index (κ2) is 10.5. The highest BCUT2D eigenvalue weighted by atomic mass is 35.5. The van der Waals surface area contributed by atoms with E-state index in [1.165, 1.54) is 4.31 Å². The summed E-state index contributed by atoms with van der Waals surface area (Å²) >= 11 is 11.7. The van der Waals surface area contributed by atoms with Gasteiger partial charge in [0.05, 0.1) is 4.90 Å². The highest BCUT2D eigenvalue weighted by molar-refractivity contribution is 7.89. The van der Waals surface area contributed by atoms with Gasteiger partial charge in [0.2, 0.25) is 10.0 Å². The lowest BCUT2D eigenvalue weighted by molar-refractivity contribution is 0.214. The Hall–Kier alpha value is -1.80. The zero-order chi connectivity index (χ0) is 21.6. The van der Waals surface area contributed by atoms with Crippen LogP contribution in [0.1, 0.15) is 18.4 Å². The first-order valence-corrected chi connectivity index (χ1v) is 12.2. The number of halogens is 2. The van der Waals surface area contributed by atoms with E-state index < -0.39 is 10.0 Å². The van der Waals surface area contributed by atoms with Gasteiger partial charge in [-0.25, -0.2) is 13.2 Å². The number of sulfonamides is 1. The van der Waals surface area contributed by atoms with E-state index in [1.807, 2.05) is 12.1 Å². The quantitative estimate of drug-likeness (QED) is 0.635. The van der Waals surface area contributed by atoms with Crippen molar-refractivity contribution in [3.63, 3.8) is 0 Å². The second-order valence-corrected chi connectivity index (χ2v) is 9.87. The van der Waals surface area contributed by atoms with Crippen LogP contribution in [0.2, 0.25) is 5.02 Å². The monoisotopic (exact) mass is 469 g/mol. The number of nitrogens with one attached hydrogen (secondary N) is 1. The summed E-state index contributed by atoms with van der Waals surface area (Å²) in [7, 11) is -3.60. The topological polar surface area (TPSA) is 69.7 Å². The highest BCUT2D eigenvalue weighted by Gasteiger charge is 2.28. The minimum Gasteiger partial charge on any atom is -0.323 e. The molecule has 162 valence electrons. The number of anilines is 1. The molecule has 1 aliphatic heterocycles. The van der Waals surface area contributed by atoms with Gasteiger partial charge >= 0.3 is 6.03 Å². The number of amides is 2. The van der Waals surface area contributed by atoms with E-state index in [2.05, 4.69) is 5.32 Å². The molecule has 0 atom stereocenters. The molecule has 2 aromatic carbocycles. The summed E-state index contributed by atoms with van der Waals surface area (Å²) in [5, 5.41) is 3.35. The number of carbonyl (C=O) groups excluding carboxylic acids is 1. The van der Waals surface area contributed by atoms with Crippen LogP contribution in [0.15, 0.2) is 53.4 Å². The summed E-state index contributed by atoms with van der Waals surface area (Å²) in [5.41, 5.74) is 1.67. The van der Waals surface area contributed by atoms with Gasteiger partial charge in [0, 0.05) is 42.8 Å². The molecule has 0 radical (unpaired) electrons. The van der Waals surface area contributed by atoms with Crippen LogP contribution in [0.5, 0.6) is 0 Å². The normalized spacial score (nSPS) is 15.6. The van der Waals surface area contributed by atoms with Gasteiger partial charge in [0.25, 0.3) is 0 Å². The van der Waals surface area contributed by atoms with Gasteiger partial charge in [-0.15, -0.1) is 11.6 Å². The van der Waals surface area contributed by atoms with E-state index >= 15 is 0 Å². The van der Waals surface area contributed by atoms with Crippen molar-refractivity contribution in [3.8, 4) is 0 Å². The van der Waals surface area contributed by atoms with Crippen molar-refractivity contribution in [2.45, 2.75) is 24.2 Å². The molecule has 3 rings (SSSR count). The molecular weight excluding hydrogens is 445 g/mol. The maximum Gasteiger partial charge on any atom is 0.321 e. The van der Waals surface area contributed by atoms with Gasteiger partial charge in [-0.3, -0.25) is 0 Å². The predicted molar refractivity (Wildman–Crippen MR) is 121 cm³/mol. The fourth-order valence-electron chi connectivity index (χ4n) is 3.35. The highest BCUT2D eigenvalue weighted by Crippen LogP contribution is 2.20. The first-order valence-electron chi connectivity index (χ1n) is 9.87. The van der Waals surface area contributed by atoms with Crippen molar-refractivity contribution < 1.29 is 13.2 Å². The second-order valence-electron chi connectivity index (χ2n) is 7.12. The number of benzene rings is 2. The van der Waals surface area contributed by atoms with Crippen LogP contribution in [0.4, 0.5) is 10.5 Å². The standard InChI is InChI=1S/C21H25Cl2N3O3S/c22-11-2-4-17-7-9-20(10-8-17)30(28,29)26-13-3-12-25(14-15-26)21(27)24-19-6-1-5-18(23)16-19/h1,5-10,16H,2-4,11-15H2,(H,24,27). The van der Waals surface area contributed by atoms with E-state index in [4.69, 9.17) is 23.2 Å². The lowest BCUT2D eigenvalue weighted by atomic mass is 10.1. The van der Waals surface area contributed by atoms with Gasteiger partial charge in [-0.2, -0.15) is 4.31 Å². The van der Waals surface area contributed by atoms with Crippen LogP contribution in [-0.2, 0) is 16.4 Å². The zero-order valence-electron chi connectivity index (χ0n) is 16.6. The van der Waals surface area contributed by atoms with E-state index in [1.54, 1.807) is 41.3 Å². The van der Waals surface area contributed by atoms with Crippen LogP contribution in [0.3, 0.4) is 0 Å². The molecule has 1 N–H and O–H groups in total. The molecule has 1 aliphatic rings. The number of nitrogens with zero attached hydrogens (tertiary/aromatic N) is 2. The number of hydrogen-bond donors (Lipinski definition) is 1. The average molecular weight is 470 g/mol. The van der Waals surface area contributed by atoms with Crippen molar-refractivity contribution in [1.29, 1.82) is 0 Å². The largest absolute Gasteiger partial charge is 0.323 e. The number of rotatable bonds is 6. The fraction of sp³-hybridized carbons (Fsp3) is 0.381. The Balaban J connectivity index is 1.62. The Morgan fingerprint density at radius 3 is 2.50 bits per heavy atom. The number of carbonyl (C=O) groups is 1. The summed E-state index contributed by atoms with van der Waals surface area (Å²) in [6.07, 6.45) is 2.24. The molecule has 1 saturated heterocycles. The van der Waals surface area contributed by atoms with Crippen LogP contribution >= 0.6 is 23.2 Å². The molecule has 1 heterocycles. The summed E-state index contributed by atoms with van der Waals surface area (Å²) in [6.45, 7) is 1.42. The minimum atomic E-state index is -3.60. The summed E-state index contributed by atoms with van der Waals surface area (Å²) in [5.74, 6) is 0.579. The van der Waals surface area contributed by atoms with Crippen LogP contribution in [-0.4, -0.2) is 55.7 Å². The van der Waals surface area contributed by atoms with Gasteiger partial charge in [-0.05, 0) is 55.2 Å². The Morgan fingerprint density at radius 2 is 1.80 bits per heavy atom. The van der Waals surface area contributed by atoms with Crippen molar-refractivity contribution >= 4 is 44.9 Å². The van der Waals surface area contributed by atoms with Crippen molar-refractivity contribution in [2.24, 2.45) is 0 Å². The SMILES string of the molecule is O=C(Nc1cccc(Cl)c1)N1CCCN(S(=O)(=O)c2ccc(CCCCl)cc2)CC1. The van der Waals surface area contributed by atoms with E-state index in [-0.39, 0.29) is 17.5 Å². The van der Waals surface area contributed by atoms with Crippen molar-refractivity contribution in [2.75, 3.05) is 37.4 Å². The summed E-state index contributed by atoms with van der Waals surface area (Å²) in [6, 6.07) is 13.6. The minimum absolute atomic E-state index is 0.249. The van der Waals surface area contributed by atoms with E-state index in [9.17, 15) is 13.2 Å². The number of hydrogen-bond acceptors (Lipinski definition) is 3. The van der Waals surface area contributed by atoms with Crippen molar-refractivity contribution in [3.05, 3.63) is 59.1 Å². The van der Waals surface area contributed by atoms with Crippen LogP contribution in [0, 0.1) is 0 Å². The lowest BCUT2D eigenvalue weighted by Gasteiger charge is -2.22. The summed E-state index contributed by atoms with van der Waals surface area (Å²) < 4.78 is 27.5. The molecule has 0 saturated carbocycles. The fourth-order valence-corrected chi connectivity index (χ4v) is 5.15. The van der Waals surface area contributed by atoms with E-state index in [0.29, 0.717) is 42.6 Å². The third kappa shape index (κ3) is 5.88. The first-order chi connectivity index (χ1) is 14.4. The number of urea groups is 1. The third-order valence-corrected chi connectivity index (χ3v) is 7.39. The molecule has 2 amide bonds. The molecule has 6 nitrogen and oxygen atoms in total. The maximum absolute atomic E-state index is 13.0. The van der Waals surface area contributed by atoms with E-state index in [0.717, 1.165) is 18.4 Å². The first kappa shape index (κ1) is 22.9. The Morgan fingerprint density at radius 1 is 1.03 bits per heavy atom. The molecule has 0 aromatic heterocycles. The Labute approximate surface area is 187 Å². The predicted octanol–water partition coefficient (Wildman–Crippen LogP) is 4.44. The molecule has 0 bridgehead atoms. The Bertz CT molecular complexity index is 968. The van der Waals surface area contributed by atoms with Crippen LogP contribution in [0.25, 0.3) is 0 Å². The third-order valence-electron chi connectivity index (χ3n) is 4.98. The molecule has 0 aliphatic carbocycles. The number of aryl methyl sites for hydroxylation is 1. The molecule has 0 unspecified atom stereocenters. The number of alkyl halides is 1. The van der Waals surface area contributed by atoms with Gasteiger partial charge in [0.1, 0.15) is 0 Å². The lowest BCUT2D eigenvalue weighted by Crippen LogP contribution is -2.39. The maximum atomic E-state index is 13.0.